The quantitative estimate of drug-likeness (QED) is 0.615. The van der Waals surface area contributed by atoms with Crippen molar-refractivity contribution < 1.29 is 38.6 Å². The summed E-state index contributed by atoms with van der Waals surface area (Å²) in [5, 5.41) is 0. The Bertz CT molecular complexity index is 127. The Hall–Kier alpha value is 1.17. The van der Waals surface area contributed by atoms with Crippen LogP contribution in [0.1, 0.15) is 27.7 Å². The zero-order valence-electron chi connectivity index (χ0n) is 10.3. The van der Waals surface area contributed by atoms with Gasteiger partial charge in [0.05, 0.1) is 0 Å². The van der Waals surface area contributed by atoms with Crippen molar-refractivity contribution in [3.05, 3.63) is 62.2 Å². The van der Waals surface area contributed by atoms with Gasteiger partial charge in [0.25, 0.3) is 0 Å². The van der Waals surface area contributed by atoms with Gasteiger partial charge in [-0.15, -0.1) is 0 Å². The van der Waals surface area contributed by atoms with E-state index in [1.807, 2.05) is 0 Å². The zero-order valence-corrected chi connectivity index (χ0v) is 13.6. The van der Waals surface area contributed by atoms with E-state index >= 15 is 0 Å². The smallest absolute Gasteiger partial charge is 1.00 e. The summed E-state index contributed by atoms with van der Waals surface area (Å²) in [6.07, 6.45) is 12.8. The molecule has 0 aliphatic heterocycles. The molecule has 0 nitrogen and oxygen atoms in total. The first-order chi connectivity index (χ1) is 6.58. The van der Waals surface area contributed by atoms with Gasteiger partial charge in [0.15, 0.2) is 0 Å². The first-order valence-corrected chi connectivity index (χ1v) is 4.98. The van der Waals surface area contributed by atoms with Crippen molar-refractivity contribution in [3.63, 3.8) is 0 Å². The summed E-state index contributed by atoms with van der Waals surface area (Å²) >= 11 is 0. The molecule has 0 N–H and O–H groups in total. The molecule has 0 aromatic rings. The first kappa shape index (κ1) is 19.5. The average Bonchev–Trinajstić information content (AvgIpc) is 2.63. The molecule has 2 aliphatic carbocycles. The SMILES string of the molecule is C[C]1[CH][CH][C](C)[CH]1.C[C]1[CH][CH][C](C)[CH]1.[Cl-].[Zr+2]. The van der Waals surface area contributed by atoms with Crippen LogP contribution in [-0.4, -0.2) is 0 Å². The molecule has 0 bridgehead atoms. The van der Waals surface area contributed by atoms with Crippen molar-refractivity contribution in [1.82, 2.24) is 0 Å². The fourth-order valence-electron chi connectivity index (χ4n) is 1.44. The molecule has 0 heterocycles. The van der Waals surface area contributed by atoms with Gasteiger partial charge in [0, 0.05) is 0 Å². The summed E-state index contributed by atoms with van der Waals surface area (Å²) < 4.78 is 0. The fraction of sp³-hybridized carbons (Fsp3) is 0.286. The fourth-order valence-corrected chi connectivity index (χ4v) is 1.44. The Morgan fingerprint density at radius 1 is 0.562 bits per heavy atom. The van der Waals surface area contributed by atoms with Gasteiger partial charge >= 0.3 is 26.2 Å². The molecule has 0 spiro atoms. The van der Waals surface area contributed by atoms with Crippen molar-refractivity contribution in [2.45, 2.75) is 27.7 Å². The Labute approximate surface area is 128 Å². The molecule has 2 saturated carbocycles. The number of rotatable bonds is 0. The summed E-state index contributed by atoms with van der Waals surface area (Å²) in [6.45, 7) is 8.42. The molecule has 2 heteroatoms. The summed E-state index contributed by atoms with van der Waals surface area (Å²) in [7, 11) is 0. The van der Waals surface area contributed by atoms with E-state index < -0.39 is 0 Å². The Morgan fingerprint density at radius 3 is 0.812 bits per heavy atom. The van der Waals surface area contributed by atoms with Crippen molar-refractivity contribution in [2.24, 2.45) is 0 Å². The minimum atomic E-state index is 0. The van der Waals surface area contributed by atoms with Crippen LogP contribution >= 0.6 is 0 Å². The standard InChI is InChI=1S/2C7H9.ClH.Zr/c2*1-6-3-4-7(2)5-6;;/h2*3-5H,1-2H3;1H;/q;;;+2/p-1. The van der Waals surface area contributed by atoms with Crippen molar-refractivity contribution >= 4 is 0 Å². The molecule has 0 unspecified atom stereocenters. The normalized spacial score (nSPS) is 23.2. The number of hydrogen-bond donors (Lipinski definition) is 0. The third-order valence-electron chi connectivity index (χ3n) is 2.13. The van der Waals surface area contributed by atoms with E-state index in [2.05, 4.69) is 66.2 Å². The van der Waals surface area contributed by atoms with Crippen LogP contribution in [0.2, 0.25) is 0 Å². The summed E-state index contributed by atoms with van der Waals surface area (Å²) in [5.41, 5.74) is 0. The van der Waals surface area contributed by atoms with Crippen LogP contribution in [0, 0.1) is 62.2 Å². The summed E-state index contributed by atoms with van der Waals surface area (Å²) in [5.74, 6) is 5.44. The van der Waals surface area contributed by atoms with Gasteiger partial charge in [-0.3, -0.25) is 0 Å². The Kier molecular flexibility index (Phi) is 12.4. The van der Waals surface area contributed by atoms with Crippen LogP contribution in [0.25, 0.3) is 0 Å². The van der Waals surface area contributed by atoms with Crippen LogP contribution in [-0.2, 0) is 26.2 Å². The Morgan fingerprint density at radius 2 is 0.750 bits per heavy atom. The van der Waals surface area contributed by atoms with E-state index in [0.29, 0.717) is 0 Å². The van der Waals surface area contributed by atoms with E-state index in [0.717, 1.165) is 0 Å². The molecule has 10 radical (unpaired) electrons. The van der Waals surface area contributed by atoms with Gasteiger partial charge in [-0.1, -0.05) is 27.7 Å². The molecule has 0 saturated heterocycles. The minimum absolute atomic E-state index is 0. The third-order valence-corrected chi connectivity index (χ3v) is 2.13. The topological polar surface area (TPSA) is 0 Å². The molecular formula is C14H18ClZr+. The predicted octanol–water partition coefficient (Wildman–Crippen LogP) is 0.605. The average molecular weight is 313 g/mol. The van der Waals surface area contributed by atoms with Gasteiger partial charge in [-0.05, 0) is 62.2 Å². The minimum Gasteiger partial charge on any atom is -1.00 e. The molecule has 2 rings (SSSR count). The molecular weight excluding hydrogens is 295 g/mol. The van der Waals surface area contributed by atoms with Gasteiger partial charge in [0.1, 0.15) is 0 Å². The van der Waals surface area contributed by atoms with Crippen LogP contribution in [0.5, 0.6) is 0 Å². The van der Waals surface area contributed by atoms with Gasteiger partial charge in [0.2, 0.25) is 0 Å². The van der Waals surface area contributed by atoms with Crippen molar-refractivity contribution in [1.29, 1.82) is 0 Å². The zero-order chi connectivity index (χ0) is 10.6. The van der Waals surface area contributed by atoms with Gasteiger partial charge < -0.3 is 12.4 Å². The molecule has 0 atom stereocenters. The van der Waals surface area contributed by atoms with Crippen LogP contribution in [0.4, 0.5) is 0 Å². The Balaban J connectivity index is 0. The molecule has 0 aromatic carbocycles. The largest absolute Gasteiger partial charge is 2.00 e. The monoisotopic (exact) mass is 311 g/mol. The van der Waals surface area contributed by atoms with E-state index in [1.54, 1.807) is 0 Å². The van der Waals surface area contributed by atoms with Gasteiger partial charge in [-0.2, -0.15) is 0 Å². The van der Waals surface area contributed by atoms with E-state index in [9.17, 15) is 0 Å². The van der Waals surface area contributed by atoms with Crippen molar-refractivity contribution in [2.75, 3.05) is 0 Å². The number of hydrogen-bond acceptors (Lipinski definition) is 0. The second-order valence-electron chi connectivity index (χ2n) is 3.93. The van der Waals surface area contributed by atoms with E-state index in [1.165, 1.54) is 23.7 Å². The maximum atomic E-state index is 2.17. The molecule has 2 fully saturated rings. The molecule has 2 aliphatic rings. The molecule has 0 aromatic heterocycles. The third kappa shape index (κ3) is 8.29. The maximum Gasteiger partial charge on any atom is 2.00 e. The second-order valence-corrected chi connectivity index (χ2v) is 3.93. The molecule has 84 valence electrons. The van der Waals surface area contributed by atoms with E-state index in [4.69, 9.17) is 0 Å². The molecule has 0 amide bonds. The van der Waals surface area contributed by atoms with Crippen LogP contribution in [0.15, 0.2) is 0 Å². The van der Waals surface area contributed by atoms with Crippen LogP contribution < -0.4 is 12.4 Å². The summed E-state index contributed by atoms with van der Waals surface area (Å²) in [4.78, 5) is 0. The summed E-state index contributed by atoms with van der Waals surface area (Å²) in [6, 6.07) is 0. The van der Waals surface area contributed by atoms with Gasteiger partial charge in [-0.25, -0.2) is 0 Å². The first-order valence-electron chi connectivity index (χ1n) is 4.98. The van der Waals surface area contributed by atoms with Crippen molar-refractivity contribution in [3.8, 4) is 0 Å². The predicted molar refractivity (Wildman–Crippen MR) is 61.5 cm³/mol. The second kappa shape index (κ2) is 10.1. The van der Waals surface area contributed by atoms with E-state index in [-0.39, 0.29) is 38.6 Å². The van der Waals surface area contributed by atoms with Crippen LogP contribution in [0.3, 0.4) is 0 Å². The maximum absolute atomic E-state index is 2.17. The molecule has 16 heavy (non-hydrogen) atoms. The number of halogens is 1.